The number of aromatic nitrogens is 2. The van der Waals surface area contributed by atoms with E-state index in [1.165, 1.54) is 10.7 Å². The first-order valence-corrected chi connectivity index (χ1v) is 11.5. The van der Waals surface area contributed by atoms with Crippen LogP contribution >= 0.6 is 0 Å². The monoisotopic (exact) mass is 423 g/mol. The van der Waals surface area contributed by atoms with Gasteiger partial charge in [-0.05, 0) is 49.9 Å². The maximum atomic E-state index is 13.1. The molecule has 1 saturated heterocycles. The third-order valence-electron chi connectivity index (χ3n) is 5.45. The van der Waals surface area contributed by atoms with Crippen LogP contribution in [0, 0.1) is 13.8 Å². The Hall–Kier alpha value is -2.77. The van der Waals surface area contributed by atoms with Crippen LogP contribution in [0.1, 0.15) is 29.5 Å². The molecule has 6 nitrogen and oxygen atoms in total. The van der Waals surface area contributed by atoms with Gasteiger partial charge in [-0.15, -0.1) is 0 Å². The van der Waals surface area contributed by atoms with Crippen LogP contribution in [0.5, 0.6) is 0 Å². The molecule has 1 aliphatic heterocycles. The Morgan fingerprint density at radius 1 is 0.967 bits per heavy atom. The van der Waals surface area contributed by atoms with Gasteiger partial charge in [-0.25, -0.2) is 13.1 Å². The van der Waals surface area contributed by atoms with Crippen molar-refractivity contribution in [1.82, 2.24) is 14.1 Å². The van der Waals surface area contributed by atoms with E-state index in [4.69, 9.17) is 0 Å². The van der Waals surface area contributed by atoms with Crippen LogP contribution in [0.15, 0.2) is 64.3 Å². The van der Waals surface area contributed by atoms with Gasteiger partial charge < -0.3 is 0 Å². The third kappa shape index (κ3) is 4.08. The van der Waals surface area contributed by atoms with E-state index in [1.54, 1.807) is 29.4 Å². The van der Waals surface area contributed by atoms with E-state index in [1.807, 2.05) is 37.3 Å². The Morgan fingerprint density at radius 3 is 2.47 bits per heavy atom. The van der Waals surface area contributed by atoms with Gasteiger partial charge in [0, 0.05) is 24.7 Å². The summed E-state index contributed by atoms with van der Waals surface area (Å²) >= 11 is 0. The van der Waals surface area contributed by atoms with Gasteiger partial charge in [-0.2, -0.15) is 9.40 Å². The Morgan fingerprint density at radius 2 is 1.73 bits per heavy atom. The molecule has 0 saturated carbocycles. The lowest BCUT2D eigenvalue weighted by molar-refractivity contribution is 0.477. The number of nitrogens with zero attached hydrogens (tertiary/aromatic N) is 3. The highest BCUT2D eigenvalue weighted by Crippen LogP contribution is 2.27. The lowest BCUT2D eigenvalue weighted by Gasteiger charge is -2.18. The second kappa shape index (κ2) is 8.16. The van der Waals surface area contributed by atoms with Crippen molar-refractivity contribution in [1.29, 1.82) is 0 Å². The van der Waals surface area contributed by atoms with E-state index >= 15 is 0 Å². The van der Waals surface area contributed by atoms with Crippen molar-refractivity contribution in [2.45, 2.75) is 38.1 Å². The van der Waals surface area contributed by atoms with Crippen molar-refractivity contribution in [2.75, 3.05) is 13.1 Å². The third-order valence-corrected chi connectivity index (χ3v) is 7.49. The van der Waals surface area contributed by atoms with Crippen molar-refractivity contribution in [2.24, 2.45) is 0 Å². The predicted molar refractivity (Wildman–Crippen MR) is 117 cm³/mol. The molecule has 0 bridgehead atoms. The van der Waals surface area contributed by atoms with Crippen LogP contribution in [0.2, 0.25) is 0 Å². The number of rotatable bonds is 5. The highest BCUT2D eigenvalue weighted by Gasteiger charge is 2.28. The molecule has 0 N–H and O–H groups in total. The Balaban J connectivity index is 1.72. The lowest BCUT2D eigenvalue weighted by Crippen LogP contribution is -2.28. The van der Waals surface area contributed by atoms with Crippen molar-refractivity contribution < 1.29 is 8.42 Å². The molecule has 1 aliphatic rings. The van der Waals surface area contributed by atoms with Gasteiger partial charge in [0.25, 0.3) is 5.56 Å². The smallest absolute Gasteiger partial charge is 0.267 e. The summed E-state index contributed by atoms with van der Waals surface area (Å²) in [5.41, 5.74) is 3.86. The summed E-state index contributed by atoms with van der Waals surface area (Å²) in [6.45, 7) is 5.29. The van der Waals surface area contributed by atoms with Crippen molar-refractivity contribution in [3.05, 3.63) is 81.6 Å². The number of aryl methyl sites for hydroxylation is 2. The minimum absolute atomic E-state index is 0.197. The van der Waals surface area contributed by atoms with Gasteiger partial charge in [0.2, 0.25) is 10.0 Å². The normalized spacial score (nSPS) is 14.9. The molecule has 2 aromatic carbocycles. The molecule has 0 amide bonds. The molecule has 4 rings (SSSR count). The van der Waals surface area contributed by atoms with E-state index in [-0.39, 0.29) is 5.56 Å². The first-order valence-electron chi connectivity index (χ1n) is 10.1. The zero-order valence-electron chi connectivity index (χ0n) is 17.2. The Labute approximate surface area is 176 Å². The fourth-order valence-corrected chi connectivity index (χ4v) is 5.57. The molecule has 3 aromatic rings. The van der Waals surface area contributed by atoms with E-state index in [0.29, 0.717) is 41.4 Å². The summed E-state index contributed by atoms with van der Waals surface area (Å²) in [6, 6.07) is 16.4. The van der Waals surface area contributed by atoms with Gasteiger partial charge >= 0.3 is 0 Å². The van der Waals surface area contributed by atoms with E-state index in [2.05, 4.69) is 5.10 Å². The minimum Gasteiger partial charge on any atom is -0.268 e. The zero-order chi connectivity index (χ0) is 21.3. The molecule has 0 spiro atoms. The summed E-state index contributed by atoms with van der Waals surface area (Å²) in [5.74, 6) is 0. The van der Waals surface area contributed by atoms with E-state index < -0.39 is 10.0 Å². The molecular formula is C23H25N3O3S. The quantitative estimate of drug-likeness (QED) is 0.631. The largest absolute Gasteiger partial charge is 0.268 e. The lowest BCUT2D eigenvalue weighted by atomic mass is 10.1. The second-order valence-electron chi connectivity index (χ2n) is 7.79. The van der Waals surface area contributed by atoms with Crippen LogP contribution < -0.4 is 5.56 Å². The molecule has 1 aromatic heterocycles. The summed E-state index contributed by atoms with van der Waals surface area (Å²) < 4.78 is 29.1. The van der Waals surface area contributed by atoms with Gasteiger partial charge in [0.15, 0.2) is 0 Å². The highest BCUT2D eigenvalue weighted by molar-refractivity contribution is 7.89. The molecule has 0 aliphatic carbocycles. The molecule has 7 heteroatoms. The van der Waals surface area contributed by atoms with Crippen LogP contribution in [0.3, 0.4) is 0 Å². The van der Waals surface area contributed by atoms with Gasteiger partial charge in [-0.1, -0.05) is 42.0 Å². The van der Waals surface area contributed by atoms with Crippen molar-refractivity contribution in [3.63, 3.8) is 0 Å². The summed E-state index contributed by atoms with van der Waals surface area (Å²) in [5, 5.41) is 4.51. The van der Waals surface area contributed by atoms with Crippen LogP contribution in [-0.4, -0.2) is 35.6 Å². The van der Waals surface area contributed by atoms with E-state index in [9.17, 15) is 13.2 Å². The standard InChI is InChI=1S/C23H25N3O3S/c1-17-6-5-7-19(14-17)16-26-23(27)11-10-21(24-26)20-9-8-18(2)22(15-20)30(28,29)25-12-3-4-13-25/h5-11,14-15H,3-4,12-13,16H2,1-2H3. The molecule has 156 valence electrons. The first-order chi connectivity index (χ1) is 14.3. The summed E-state index contributed by atoms with van der Waals surface area (Å²) in [4.78, 5) is 12.6. The first kappa shape index (κ1) is 20.5. The van der Waals surface area contributed by atoms with Gasteiger partial charge in [0.05, 0.1) is 17.1 Å². The van der Waals surface area contributed by atoms with Gasteiger partial charge in [0.1, 0.15) is 0 Å². The number of benzene rings is 2. The highest BCUT2D eigenvalue weighted by atomic mass is 32.2. The average molecular weight is 424 g/mol. The predicted octanol–water partition coefficient (Wildman–Crippen LogP) is 3.36. The Kier molecular flexibility index (Phi) is 5.58. The fourth-order valence-electron chi connectivity index (χ4n) is 3.80. The molecule has 0 atom stereocenters. The topological polar surface area (TPSA) is 72.3 Å². The zero-order valence-corrected chi connectivity index (χ0v) is 18.0. The van der Waals surface area contributed by atoms with Crippen LogP contribution in [0.4, 0.5) is 0 Å². The van der Waals surface area contributed by atoms with Gasteiger partial charge in [-0.3, -0.25) is 4.79 Å². The Bertz CT molecular complexity index is 1240. The van der Waals surface area contributed by atoms with Crippen LogP contribution in [-0.2, 0) is 16.6 Å². The second-order valence-corrected chi connectivity index (χ2v) is 9.70. The molecule has 1 fully saturated rings. The minimum atomic E-state index is -3.53. The molecule has 2 heterocycles. The van der Waals surface area contributed by atoms with Crippen molar-refractivity contribution >= 4 is 10.0 Å². The summed E-state index contributed by atoms with van der Waals surface area (Å²) in [7, 11) is -3.53. The van der Waals surface area contributed by atoms with E-state index in [0.717, 1.165) is 24.0 Å². The SMILES string of the molecule is Cc1cccc(Cn2nc(-c3ccc(C)c(S(=O)(=O)N4CCCC4)c3)ccc2=O)c1. The van der Waals surface area contributed by atoms with Crippen LogP contribution in [0.25, 0.3) is 11.3 Å². The summed E-state index contributed by atoms with van der Waals surface area (Å²) in [6.07, 6.45) is 1.78. The molecule has 0 unspecified atom stereocenters. The number of hydrogen-bond donors (Lipinski definition) is 0. The fraction of sp³-hybridized carbons (Fsp3) is 0.304. The molecule has 0 radical (unpaired) electrons. The molecule has 30 heavy (non-hydrogen) atoms. The molecular weight excluding hydrogens is 398 g/mol. The number of hydrogen-bond acceptors (Lipinski definition) is 4. The average Bonchev–Trinajstić information content (AvgIpc) is 3.26. The van der Waals surface area contributed by atoms with Crippen molar-refractivity contribution in [3.8, 4) is 11.3 Å². The maximum absolute atomic E-state index is 13.1. The maximum Gasteiger partial charge on any atom is 0.267 e. The number of sulfonamides is 1.